The number of carbonyl (C=O) groups is 2. The molecule has 9 heteroatoms. The van der Waals surface area contributed by atoms with Crippen molar-refractivity contribution < 1.29 is 23.5 Å². The minimum absolute atomic E-state index is 0.331. The molecule has 33 heavy (non-hydrogen) atoms. The Labute approximate surface area is 188 Å². The van der Waals surface area contributed by atoms with E-state index in [1.54, 1.807) is 29.8 Å². The van der Waals surface area contributed by atoms with Gasteiger partial charge in [-0.2, -0.15) is 5.10 Å². The Bertz CT molecular complexity index is 1370. The molecule has 2 heterocycles. The molecule has 9 nitrogen and oxygen atoms in total. The van der Waals surface area contributed by atoms with Crippen molar-refractivity contribution in [3.63, 3.8) is 0 Å². The van der Waals surface area contributed by atoms with Gasteiger partial charge in [0.25, 0.3) is 5.91 Å². The zero-order chi connectivity index (χ0) is 23.4. The van der Waals surface area contributed by atoms with E-state index in [0.29, 0.717) is 22.7 Å². The second-order valence-electron chi connectivity index (χ2n) is 7.24. The maximum absolute atomic E-state index is 12.3. The molecule has 0 fully saturated rings. The SMILES string of the molecule is Cc1nn(-c2ccccc2)c(C)c1NC(=O)COC(=O)COc1ccc2ccc(=O)oc2c1. The Kier molecular flexibility index (Phi) is 6.21. The van der Waals surface area contributed by atoms with E-state index < -0.39 is 30.7 Å². The van der Waals surface area contributed by atoms with Gasteiger partial charge < -0.3 is 19.2 Å². The van der Waals surface area contributed by atoms with Crippen LogP contribution in [0.1, 0.15) is 11.4 Å². The fraction of sp³-hybridized carbons (Fsp3) is 0.167. The van der Waals surface area contributed by atoms with E-state index in [-0.39, 0.29) is 0 Å². The first-order chi connectivity index (χ1) is 15.9. The van der Waals surface area contributed by atoms with Crippen LogP contribution in [-0.2, 0) is 14.3 Å². The van der Waals surface area contributed by atoms with Crippen LogP contribution in [0.15, 0.2) is 69.9 Å². The Morgan fingerprint density at radius 3 is 2.58 bits per heavy atom. The molecule has 1 amide bonds. The van der Waals surface area contributed by atoms with Crippen LogP contribution in [0, 0.1) is 13.8 Å². The molecule has 1 N–H and O–H groups in total. The molecule has 0 bridgehead atoms. The highest BCUT2D eigenvalue weighted by molar-refractivity contribution is 5.94. The molecule has 0 aliphatic heterocycles. The summed E-state index contributed by atoms with van der Waals surface area (Å²) in [6, 6.07) is 17.3. The van der Waals surface area contributed by atoms with Gasteiger partial charge in [-0.3, -0.25) is 4.79 Å². The molecule has 4 aromatic rings. The third-order valence-electron chi connectivity index (χ3n) is 4.87. The molecule has 2 aromatic heterocycles. The van der Waals surface area contributed by atoms with Crippen LogP contribution < -0.4 is 15.7 Å². The van der Waals surface area contributed by atoms with Crippen molar-refractivity contribution in [2.24, 2.45) is 0 Å². The van der Waals surface area contributed by atoms with E-state index in [2.05, 4.69) is 10.4 Å². The number of anilines is 1. The monoisotopic (exact) mass is 447 g/mol. The van der Waals surface area contributed by atoms with E-state index in [4.69, 9.17) is 13.9 Å². The normalized spacial score (nSPS) is 10.7. The van der Waals surface area contributed by atoms with Crippen molar-refractivity contribution in [2.45, 2.75) is 13.8 Å². The highest BCUT2D eigenvalue weighted by Gasteiger charge is 2.16. The van der Waals surface area contributed by atoms with Crippen LogP contribution in [0.4, 0.5) is 5.69 Å². The standard InChI is InChI=1S/C24H21N3O6/c1-15-24(16(2)27(26-15)18-6-4-3-5-7-18)25-21(28)13-32-23(30)14-31-19-10-8-17-9-11-22(29)33-20(17)12-19/h3-12H,13-14H2,1-2H3,(H,25,28). The summed E-state index contributed by atoms with van der Waals surface area (Å²) < 4.78 is 17.2. The highest BCUT2D eigenvalue weighted by atomic mass is 16.6. The lowest BCUT2D eigenvalue weighted by Gasteiger charge is -2.09. The van der Waals surface area contributed by atoms with Crippen LogP contribution >= 0.6 is 0 Å². The van der Waals surface area contributed by atoms with Crippen LogP contribution in [0.25, 0.3) is 16.7 Å². The molecule has 0 saturated heterocycles. The number of benzene rings is 2. The number of carbonyl (C=O) groups excluding carboxylic acids is 2. The van der Waals surface area contributed by atoms with Crippen molar-refractivity contribution in [3.8, 4) is 11.4 Å². The zero-order valence-corrected chi connectivity index (χ0v) is 18.0. The number of hydrogen-bond acceptors (Lipinski definition) is 7. The van der Waals surface area contributed by atoms with Gasteiger partial charge in [-0.05, 0) is 44.2 Å². The number of ether oxygens (including phenoxy) is 2. The number of nitrogens with zero attached hydrogens (tertiary/aromatic N) is 2. The summed E-state index contributed by atoms with van der Waals surface area (Å²) in [4.78, 5) is 35.6. The summed E-state index contributed by atoms with van der Waals surface area (Å²) in [6.07, 6.45) is 0. The van der Waals surface area contributed by atoms with Crippen molar-refractivity contribution >= 4 is 28.5 Å². The largest absolute Gasteiger partial charge is 0.482 e. The average molecular weight is 447 g/mol. The number of hydrogen-bond donors (Lipinski definition) is 1. The molecule has 4 rings (SSSR count). The first-order valence-corrected chi connectivity index (χ1v) is 10.1. The van der Waals surface area contributed by atoms with Crippen molar-refractivity contribution in [2.75, 3.05) is 18.5 Å². The minimum atomic E-state index is -0.715. The van der Waals surface area contributed by atoms with Gasteiger partial charge >= 0.3 is 11.6 Å². The topological polar surface area (TPSA) is 113 Å². The first kappa shape index (κ1) is 21.8. The molecule has 0 aliphatic carbocycles. The molecule has 0 aliphatic rings. The molecule has 168 valence electrons. The van der Waals surface area contributed by atoms with Gasteiger partial charge in [0.1, 0.15) is 11.3 Å². The molecular formula is C24H21N3O6. The number of esters is 1. The maximum atomic E-state index is 12.3. The summed E-state index contributed by atoms with van der Waals surface area (Å²) in [7, 11) is 0. The number of fused-ring (bicyclic) bond motifs is 1. The second kappa shape index (κ2) is 9.39. The molecule has 0 saturated carbocycles. The Morgan fingerprint density at radius 1 is 1.03 bits per heavy atom. The summed E-state index contributed by atoms with van der Waals surface area (Å²) in [5, 5.41) is 7.93. The Balaban J connectivity index is 1.31. The lowest BCUT2D eigenvalue weighted by atomic mass is 10.2. The van der Waals surface area contributed by atoms with Gasteiger partial charge in [-0.1, -0.05) is 18.2 Å². The van der Waals surface area contributed by atoms with Gasteiger partial charge in [0.05, 0.1) is 22.8 Å². The summed E-state index contributed by atoms with van der Waals surface area (Å²) in [6.45, 7) is 2.76. The summed E-state index contributed by atoms with van der Waals surface area (Å²) in [5.74, 6) is -0.874. The number of aromatic nitrogens is 2. The smallest absolute Gasteiger partial charge is 0.344 e. The predicted octanol–water partition coefficient (Wildman–Crippen LogP) is 3.16. The minimum Gasteiger partial charge on any atom is -0.482 e. The maximum Gasteiger partial charge on any atom is 0.344 e. The van der Waals surface area contributed by atoms with Crippen LogP contribution in [-0.4, -0.2) is 34.9 Å². The average Bonchev–Trinajstić information content (AvgIpc) is 3.10. The first-order valence-electron chi connectivity index (χ1n) is 10.1. The van der Waals surface area contributed by atoms with Gasteiger partial charge in [0.2, 0.25) is 0 Å². The summed E-state index contributed by atoms with van der Waals surface area (Å²) >= 11 is 0. The highest BCUT2D eigenvalue weighted by Crippen LogP contribution is 2.23. The summed E-state index contributed by atoms with van der Waals surface area (Å²) in [5.41, 5.74) is 2.69. The van der Waals surface area contributed by atoms with Crippen LogP contribution in [0.5, 0.6) is 5.75 Å². The number of para-hydroxylation sites is 1. The zero-order valence-electron chi connectivity index (χ0n) is 18.0. The third kappa shape index (κ3) is 5.09. The second-order valence-corrected chi connectivity index (χ2v) is 7.24. The van der Waals surface area contributed by atoms with Gasteiger partial charge in [-0.25, -0.2) is 14.3 Å². The molecule has 0 radical (unpaired) electrons. The number of aryl methyl sites for hydroxylation is 1. The lowest BCUT2D eigenvalue weighted by molar-refractivity contribution is -0.149. The number of nitrogens with one attached hydrogen (secondary N) is 1. The molecule has 0 atom stereocenters. The fourth-order valence-electron chi connectivity index (χ4n) is 3.28. The molecule has 2 aromatic carbocycles. The molecule has 0 spiro atoms. The quantitative estimate of drug-likeness (QED) is 0.342. The van der Waals surface area contributed by atoms with E-state index in [9.17, 15) is 14.4 Å². The Morgan fingerprint density at radius 2 is 1.79 bits per heavy atom. The predicted molar refractivity (Wildman–Crippen MR) is 121 cm³/mol. The van der Waals surface area contributed by atoms with Gasteiger partial charge in [0, 0.05) is 17.5 Å². The van der Waals surface area contributed by atoms with Crippen LogP contribution in [0.2, 0.25) is 0 Å². The van der Waals surface area contributed by atoms with Gasteiger partial charge in [-0.15, -0.1) is 0 Å². The fourth-order valence-corrected chi connectivity index (χ4v) is 3.28. The molecule has 0 unspecified atom stereocenters. The van der Waals surface area contributed by atoms with Crippen molar-refractivity contribution in [1.29, 1.82) is 0 Å². The Hall–Kier alpha value is -4.40. The van der Waals surface area contributed by atoms with Crippen molar-refractivity contribution in [1.82, 2.24) is 9.78 Å². The van der Waals surface area contributed by atoms with E-state index in [1.165, 1.54) is 12.1 Å². The van der Waals surface area contributed by atoms with Crippen molar-refractivity contribution in [3.05, 3.63) is 82.5 Å². The lowest BCUT2D eigenvalue weighted by Crippen LogP contribution is -2.24. The molecular weight excluding hydrogens is 426 g/mol. The third-order valence-corrected chi connectivity index (χ3v) is 4.87. The van der Waals surface area contributed by atoms with Gasteiger partial charge in [0.15, 0.2) is 13.2 Å². The number of amides is 1. The number of rotatable bonds is 7. The van der Waals surface area contributed by atoms with E-state index in [1.807, 2.05) is 37.3 Å². The van der Waals surface area contributed by atoms with E-state index in [0.717, 1.165) is 16.8 Å². The van der Waals surface area contributed by atoms with E-state index >= 15 is 0 Å². The van der Waals surface area contributed by atoms with Crippen LogP contribution in [0.3, 0.4) is 0 Å².